The van der Waals surface area contributed by atoms with Gasteiger partial charge in [-0.25, -0.2) is 18.4 Å². The van der Waals surface area contributed by atoms with E-state index in [0.29, 0.717) is 0 Å². The molecule has 0 heterocycles. The Bertz CT molecular complexity index is 331. The van der Waals surface area contributed by atoms with Crippen LogP contribution in [0.2, 0.25) is 0 Å². The largest absolute Gasteiger partial charge is 0.480 e. The molecule has 0 fully saturated rings. The maximum Gasteiger partial charge on any atom is 0.407 e. The molecule has 0 aromatic rings. The van der Waals surface area contributed by atoms with Crippen molar-refractivity contribution in [2.45, 2.75) is 51.2 Å². The molecule has 0 spiro atoms. The molecule has 0 rings (SSSR count). The average Bonchev–Trinajstić information content (AvgIpc) is 2.20. The number of halogens is 2. The molecule has 0 aromatic heterocycles. The van der Waals surface area contributed by atoms with Gasteiger partial charge in [-0.3, -0.25) is 0 Å². The first-order valence-electron chi connectivity index (χ1n) is 5.76. The van der Waals surface area contributed by atoms with Crippen molar-refractivity contribution in [2.24, 2.45) is 5.73 Å². The Kier molecular flexibility index (Phi) is 6.14. The summed E-state index contributed by atoms with van der Waals surface area (Å²) in [5.41, 5.74) is 1.86. The van der Waals surface area contributed by atoms with E-state index in [4.69, 9.17) is 15.6 Å². The molecule has 0 aromatic carbocycles. The van der Waals surface area contributed by atoms with Crippen LogP contribution in [0.5, 0.6) is 0 Å². The van der Waals surface area contributed by atoms with E-state index in [1.807, 2.05) is 0 Å². The van der Waals surface area contributed by atoms with Gasteiger partial charge >= 0.3 is 12.1 Å². The van der Waals surface area contributed by atoms with Crippen LogP contribution >= 0.6 is 0 Å². The molecular weight excluding hydrogens is 262 g/mol. The van der Waals surface area contributed by atoms with E-state index < -0.39 is 36.0 Å². The standard InChI is InChI=1S/C11H20F2N2O4/c1-10(2,3)19-9(18)15-6-4-5-11(14,7(12)13)8(16)17/h7H,4-6,14H2,1-3H3,(H,15,18)(H,16,17). The Labute approximate surface area is 110 Å². The molecule has 6 nitrogen and oxygen atoms in total. The second kappa shape index (κ2) is 6.65. The third-order valence-electron chi connectivity index (χ3n) is 2.22. The van der Waals surface area contributed by atoms with Gasteiger partial charge in [0, 0.05) is 6.54 Å². The van der Waals surface area contributed by atoms with E-state index in [1.165, 1.54) is 0 Å². The van der Waals surface area contributed by atoms with Crippen molar-refractivity contribution in [1.29, 1.82) is 0 Å². The third kappa shape index (κ3) is 6.32. The molecule has 1 atom stereocenters. The van der Waals surface area contributed by atoms with Crippen LogP contribution in [0.1, 0.15) is 33.6 Å². The number of amides is 1. The smallest absolute Gasteiger partial charge is 0.407 e. The summed E-state index contributed by atoms with van der Waals surface area (Å²) in [6, 6.07) is 0. The molecule has 0 saturated carbocycles. The number of carbonyl (C=O) groups is 2. The number of ether oxygens (including phenoxy) is 1. The molecule has 8 heteroatoms. The van der Waals surface area contributed by atoms with E-state index in [0.717, 1.165) is 0 Å². The maximum atomic E-state index is 12.5. The zero-order valence-corrected chi connectivity index (χ0v) is 11.2. The first-order valence-corrected chi connectivity index (χ1v) is 5.76. The van der Waals surface area contributed by atoms with Crippen molar-refractivity contribution in [3.05, 3.63) is 0 Å². The number of alkyl carbamates (subject to hydrolysis) is 1. The highest BCUT2D eigenvalue weighted by Gasteiger charge is 2.43. The van der Waals surface area contributed by atoms with Gasteiger partial charge in [-0.1, -0.05) is 0 Å². The van der Waals surface area contributed by atoms with Crippen LogP contribution < -0.4 is 11.1 Å². The van der Waals surface area contributed by atoms with Crippen molar-refractivity contribution < 1.29 is 28.2 Å². The Morgan fingerprint density at radius 2 is 1.89 bits per heavy atom. The minimum absolute atomic E-state index is 0.00633. The summed E-state index contributed by atoms with van der Waals surface area (Å²) < 4.78 is 30.0. The van der Waals surface area contributed by atoms with Crippen LogP contribution in [0.15, 0.2) is 0 Å². The Morgan fingerprint density at radius 1 is 1.37 bits per heavy atom. The van der Waals surface area contributed by atoms with E-state index in [2.05, 4.69) is 5.32 Å². The topological polar surface area (TPSA) is 102 Å². The van der Waals surface area contributed by atoms with E-state index in [9.17, 15) is 18.4 Å². The Balaban J connectivity index is 4.10. The van der Waals surface area contributed by atoms with Crippen LogP contribution in [-0.4, -0.2) is 41.3 Å². The Morgan fingerprint density at radius 3 is 2.26 bits per heavy atom. The number of nitrogens with one attached hydrogen (secondary N) is 1. The highest BCUT2D eigenvalue weighted by Crippen LogP contribution is 2.19. The zero-order chi connectivity index (χ0) is 15.3. The predicted molar refractivity (Wildman–Crippen MR) is 64.0 cm³/mol. The van der Waals surface area contributed by atoms with Gasteiger partial charge in [0.25, 0.3) is 6.43 Å². The lowest BCUT2D eigenvalue weighted by molar-refractivity contribution is -0.150. The Hall–Kier alpha value is -1.44. The monoisotopic (exact) mass is 282 g/mol. The van der Waals surface area contributed by atoms with Crippen molar-refractivity contribution >= 4 is 12.1 Å². The van der Waals surface area contributed by atoms with Gasteiger partial charge in [0.2, 0.25) is 0 Å². The number of carboxylic acids is 1. The predicted octanol–water partition coefficient (Wildman–Crippen LogP) is 1.34. The molecule has 4 N–H and O–H groups in total. The summed E-state index contributed by atoms with van der Waals surface area (Å²) in [6.45, 7) is 5.05. The first kappa shape index (κ1) is 17.6. The molecule has 0 aliphatic rings. The maximum absolute atomic E-state index is 12.5. The van der Waals surface area contributed by atoms with E-state index in [-0.39, 0.29) is 13.0 Å². The second-order valence-corrected chi connectivity index (χ2v) is 5.18. The van der Waals surface area contributed by atoms with Crippen molar-refractivity contribution in [2.75, 3.05) is 6.54 Å². The quantitative estimate of drug-likeness (QED) is 0.638. The highest BCUT2D eigenvalue weighted by molar-refractivity contribution is 5.79. The number of hydrogen-bond acceptors (Lipinski definition) is 4. The molecule has 0 aliphatic carbocycles. The van der Waals surface area contributed by atoms with Crippen LogP contribution in [0.25, 0.3) is 0 Å². The van der Waals surface area contributed by atoms with Gasteiger partial charge in [0.15, 0.2) is 5.54 Å². The van der Waals surface area contributed by atoms with E-state index >= 15 is 0 Å². The SMILES string of the molecule is CC(C)(C)OC(=O)NCCCC(N)(C(=O)O)C(F)F. The van der Waals surface area contributed by atoms with Gasteiger partial charge in [0.05, 0.1) is 0 Å². The molecular formula is C11H20F2N2O4. The number of hydrogen-bond donors (Lipinski definition) is 3. The van der Waals surface area contributed by atoms with Crippen LogP contribution in [-0.2, 0) is 9.53 Å². The fourth-order valence-electron chi connectivity index (χ4n) is 1.19. The fraction of sp³-hybridized carbons (Fsp3) is 0.818. The molecule has 1 amide bonds. The summed E-state index contributed by atoms with van der Waals surface area (Å²) in [5.74, 6) is -1.76. The number of carbonyl (C=O) groups excluding carboxylic acids is 1. The summed E-state index contributed by atoms with van der Waals surface area (Å²) in [5, 5.41) is 11.0. The highest BCUT2D eigenvalue weighted by atomic mass is 19.3. The lowest BCUT2D eigenvalue weighted by atomic mass is 9.95. The summed E-state index contributed by atoms with van der Waals surface area (Å²) in [7, 11) is 0. The average molecular weight is 282 g/mol. The fourth-order valence-corrected chi connectivity index (χ4v) is 1.19. The number of rotatable bonds is 6. The van der Waals surface area contributed by atoms with E-state index in [1.54, 1.807) is 20.8 Å². The van der Waals surface area contributed by atoms with Crippen LogP contribution in [0, 0.1) is 0 Å². The number of alkyl halides is 2. The molecule has 0 saturated heterocycles. The second-order valence-electron chi connectivity index (χ2n) is 5.18. The minimum atomic E-state index is -3.17. The van der Waals surface area contributed by atoms with Crippen molar-refractivity contribution in [1.82, 2.24) is 5.32 Å². The molecule has 0 aliphatic heterocycles. The minimum Gasteiger partial charge on any atom is -0.480 e. The van der Waals surface area contributed by atoms with Gasteiger partial charge in [0.1, 0.15) is 5.60 Å². The molecule has 0 bridgehead atoms. The van der Waals surface area contributed by atoms with Gasteiger partial charge < -0.3 is 20.9 Å². The third-order valence-corrected chi connectivity index (χ3v) is 2.22. The summed E-state index contributed by atoms with van der Waals surface area (Å²) in [4.78, 5) is 21.9. The lowest BCUT2D eigenvalue weighted by Crippen LogP contribution is -2.54. The van der Waals surface area contributed by atoms with Gasteiger partial charge in [-0.2, -0.15) is 0 Å². The van der Waals surface area contributed by atoms with Crippen molar-refractivity contribution in [3.8, 4) is 0 Å². The summed E-state index contributed by atoms with van der Waals surface area (Å²) >= 11 is 0. The van der Waals surface area contributed by atoms with Crippen molar-refractivity contribution in [3.63, 3.8) is 0 Å². The molecule has 112 valence electrons. The molecule has 19 heavy (non-hydrogen) atoms. The number of carboxylic acid groups (broad SMARTS) is 1. The molecule has 1 unspecified atom stereocenters. The van der Waals surface area contributed by atoms with Gasteiger partial charge in [-0.15, -0.1) is 0 Å². The number of aliphatic carboxylic acids is 1. The normalized spacial score (nSPS) is 14.9. The number of nitrogens with two attached hydrogens (primary N) is 1. The lowest BCUT2D eigenvalue weighted by Gasteiger charge is -2.24. The summed E-state index contributed by atoms with van der Waals surface area (Å²) in [6.07, 6.45) is -4.31. The van der Waals surface area contributed by atoms with Crippen LogP contribution in [0.4, 0.5) is 13.6 Å². The van der Waals surface area contributed by atoms with Crippen LogP contribution in [0.3, 0.4) is 0 Å². The first-order chi connectivity index (χ1) is 8.49. The van der Waals surface area contributed by atoms with Gasteiger partial charge in [-0.05, 0) is 33.6 Å². The zero-order valence-electron chi connectivity index (χ0n) is 11.2. The molecule has 0 radical (unpaired) electrons.